The standard InChI is InChI=1S/C26H29ClFN3O4S/c1-18(2)30(25(32)20-5-3-6-21(27)13-20)15-23-14-29-26(31(23)16-24-7-4-12-35-24)36(33,34)17-19-8-10-22(28)11-9-19/h3,5-6,8-11,13-14,18,24H,4,7,12,15-17H2,1-2H3. The highest BCUT2D eigenvalue weighted by Crippen LogP contribution is 2.24. The Morgan fingerprint density at radius 3 is 2.64 bits per heavy atom. The number of hydrogen-bond donors (Lipinski definition) is 0. The number of halogens is 2. The Hall–Kier alpha value is -2.75. The molecule has 0 spiro atoms. The first-order valence-corrected chi connectivity index (χ1v) is 13.9. The van der Waals surface area contributed by atoms with Gasteiger partial charge < -0.3 is 14.2 Å². The number of carbonyl (C=O) groups excluding carboxylic acids is 1. The zero-order chi connectivity index (χ0) is 25.9. The summed E-state index contributed by atoms with van der Waals surface area (Å²) in [6, 6.07) is 11.9. The van der Waals surface area contributed by atoms with Crippen LogP contribution in [0.2, 0.25) is 5.02 Å². The molecule has 10 heteroatoms. The van der Waals surface area contributed by atoms with Gasteiger partial charge in [-0.1, -0.05) is 29.8 Å². The second-order valence-corrected chi connectivity index (χ2v) is 11.5. The van der Waals surface area contributed by atoms with E-state index in [4.69, 9.17) is 16.3 Å². The second kappa shape index (κ2) is 11.1. The third-order valence-electron chi connectivity index (χ3n) is 6.15. The summed E-state index contributed by atoms with van der Waals surface area (Å²) in [5.41, 5.74) is 1.50. The minimum absolute atomic E-state index is 0.0868. The monoisotopic (exact) mass is 533 g/mol. The zero-order valence-corrected chi connectivity index (χ0v) is 21.8. The van der Waals surface area contributed by atoms with Crippen LogP contribution in [0.1, 0.15) is 48.3 Å². The molecule has 2 aromatic carbocycles. The minimum atomic E-state index is -3.86. The van der Waals surface area contributed by atoms with Crippen molar-refractivity contribution in [3.8, 4) is 0 Å². The number of rotatable bonds is 9. The lowest BCUT2D eigenvalue weighted by Crippen LogP contribution is -2.37. The second-order valence-electron chi connectivity index (χ2n) is 9.20. The Bertz CT molecular complexity index is 1320. The number of sulfone groups is 1. The molecular weight excluding hydrogens is 505 g/mol. The van der Waals surface area contributed by atoms with Crippen LogP contribution in [0.15, 0.2) is 59.9 Å². The number of aromatic nitrogens is 2. The average Bonchev–Trinajstić information content (AvgIpc) is 3.49. The fourth-order valence-corrected chi connectivity index (χ4v) is 5.96. The van der Waals surface area contributed by atoms with Crippen LogP contribution in [0.4, 0.5) is 4.39 Å². The third-order valence-corrected chi connectivity index (χ3v) is 7.98. The Morgan fingerprint density at radius 1 is 1.25 bits per heavy atom. The summed E-state index contributed by atoms with van der Waals surface area (Å²) in [6.07, 6.45) is 3.07. The molecule has 0 bridgehead atoms. The molecule has 36 heavy (non-hydrogen) atoms. The Labute approximate surface area is 215 Å². The molecule has 0 aliphatic carbocycles. The maximum Gasteiger partial charge on any atom is 0.254 e. The van der Waals surface area contributed by atoms with Gasteiger partial charge in [-0.15, -0.1) is 0 Å². The van der Waals surface area contributed by atoms with Gasteiger partial charge in [0.15, 0.2) is 0 Å². The largest absolute Gasteiger partial charge is 0.376 e. The molecule has 192 valence electrons. The molecule has 1 aromatic heterocycles. The summed E-state index contributed by atoms with van der Waals surface area (Å²) in [6.45, 7) is 4.89. The van der Waals surface area contributed by atoms with Gasteiger partial charge in [-0.05, 0) is 62.6 Å². The fraction of sp³-hybridized carbons (Fsp3) is 0.385. The van der Waals surface area contributed by atoms with E-state index in [-0.39, 0.29) is 35.5 Å². The van der Waals surface area contributed by atoms with Gasteiger partial charge in [0, 0.05) is 23.2 Å². The van der Waals surface area contributed by atoms with Crippen molar-refractivity contribution in [1.82, 2.24) is 14.5 Å². The molecule has 7 nitrogen and oxygen atoms in total. The van der Waals surface area contributed by atoms with Gasteiger partial charge in [-0.3, -0.25) is 4.79 Å². The molecule has 4 rings (SSSR count). The number of hydrogen-bond acceptors (Lipinski definition) is 5. The molecule has 1 saturated heterocycles. The molecule has 2 heterocycles. The molecule has 0 saturated carbocycles. The maximum atomic E-state index is 13.4. The highest BCUT2D eigenvalue weighted by atomic mass is 35.5. The number of imidazole rings is 1. The quantitative estimate of drug-likeness (QED) is 0.391. The smallest absolute Gasteiger partial charge is 0.254 e. The van der Waals surface area contributed by atoms with Gasteiger partial charge in [0.1, 0.15) is 5.82 Å². The van der Waals surface area contributed by atoms with Crippen LogP contribution < -0.4 is 0 Å². The minimum Gasteiger partial charge on any atom is -0.376 e. The molecule has 1 amide bonds. The molecule has 1 aliphatic heterocycles. The van der Waals surface area contributed by atoms with Crippen molar-refractivity contribution < 1.29 is 22.3 Å². The van der Waals surface area contributed by atoms with E-state index in [1.807, 2.05) is 13.8 Å². The summed E-state index contributed by atoms with van der Waals surface area (Å²) in [7, 11) is -3.86. The van der Waals surface area contributed by atoms with Crippen molar-refractivity contribution in [2.24, 2.45) is 0 Å². The zero-order valence-electron chi connectivity index (χ0n) is 20.2. The molecule has 0 radical (unpaired) electrons. The summed E-state index contributed by atoms with van der Waals surface area (Å²) in [5, 5.41) is 0.374. The predicted octanol–water partition coefficient (Wildman–Crippen LogP) is 4.88. The Balaban J connectivity index is 1.67. The first kappa shape index (κ1) is 26.3. The highest BCUT2D eigenvalue weighted by Gasteiger charge is 2.29. The topological polar surface area (TPSA) is 81.5 Å². The van der Waals surface area contributed by atoms with Crippen molar-refractivity contribution in [2.75, 3.05) is 6.61 Å². The highest BCUT2D eigenvalue weighted by molar-refractivity contribution is 7.90. The fourth-order valence-electron chi connectivity index (χ4n) is 4.27. The molecular formula is C26H29ClFN3O4S. The van der Waals surface area contributed by atoms with Gasteiger partial charge in [0.05, 0.1) is 36.8 Å². The number of ether oxygens (including phenoxy) is 1. The number of benzene rings is 2. The van der Waals surface area contributed by atoms with Crippen LogP contribution in [-0.4, -0.2) is 47.5 Å². The average molecular weight is 534 g/mol. The SMILES string of the molecule is CC(C)N(Cc1cnc(S(=O)(=O)Cc2ccc(F)cc2)n1CC1CCCO1)C(=O)c1cccc(Cl)c1. The van der Waals surface area contributed by atoms with Crippen LogP contribution >= 0.6 is 11.6 Å². The van der Waals surface area contributed by atoms with Gasteiger partial charge >= 0.3 is 0 Å². The molecule has 1 atom stereocenters. The first-order valence-electron chi connectivity index (χ1n) is 11.8. The van der Waals surface area contributed by atoms with Crippen molar-refractivity contribution in [3.63, 3.8) is 0 Å². The van der Waals surface area contributed by atoms with Gasteiger partial charge in [0.25, 0.3) is 5.91 Å². The molecule has 1 aliphatic rings. The van der Waals surface area contributed by atoms with E-state index in [2.05, 4.69) is 4.98 Å². The first-order chi connectivity index (χ1) is 17.1. The summed E-state index contributed by atoms with van der Waals surface area (Å²) < 4.78 is 47.5. The normalized spacial score (nSPS) is 16.0. The van der Waals surface area contributed by atoms with E-state index in [0.29, 0.717) is 35.0 Å². The third kappa shape index (κ3) is 6.14. The van der Waals surface area contributed by atoms with Gasteiger partial charge in [-0.2, -0.15) is 0 Å². The van der Waals surface area contributed by atoms with Crippen LogP contribution in [0.3, 0.4) is 0 Å². The van der Waals surface area contributed by atoms with Crippen molar-refractivity contribution in [1.29, 1.82) is 0 Å². The van der Waals surface area contributed by atoms with Crippen LogP contribution in [0.5, 0.6) is 0 Å². The number of nitrogens with zero attached hydrogens (tertiary/aromatic N) is 3. The Morgan fingerprint density at radius 2 is 2.00 bits per heavy atom. The summed E-state index contributed by atoms with van der Waals surface area (Å²) >= 11 is 6.10. The summed E-state index contributed by atoms with van der Waals surface area (Å²) in [5.74, 6) is -0.963. The summed E-state index contributed by atoms with van der Waals surface area (Å²) in [4.78, 5) is 19.3. The van der Waals surface area contributed by atoms with Crippen molar-refractivity contribution >= 4 is 27.3 Å². The van der Waals surface area contributed by atoms with Crippen LogP contribution in [-0.2, 0) is 33.4 Å². The van der Waals surface area contributed by atoms with Gasteiger partial charge in [-0.25, -0.2) is 17.8 Å². The van der Waals surface area contributed by atoms with E-state index in [1.165, 1.54) is 30.5 Å². The lowest BCUT2D eigenvalue weighted by Gasteiger charge is -2.28. The maximum absolute atomic E-state index is 13.4. The lowest BCUT2D eigenvalue weighted by molar-refractivity contribution is 0.0678. The van der Waals surface area contributed by atoms with Crippen LogP contribution in [0, 0.1) is 5.82 Å². The molecule has 3 aromatic rings. The van der Waals surface area contributed by atoms with E-state index in [9.17, 15) is 17.6 Å². The van der Waals surface area contributed by atoms with Gasteiger partial charge in [0.2, 0.25) is 15.0 Å². The van der Waals surface area contributed by atoms with Crippen molar-refractivity contribution in [3.05, 3.63) is 82.4 Å². The van der Waals surface area contributed by atoms with Crippen molar-refractivity contribution in [2.45, 2.75) is 62.8 Å². The molecule has 1 unspecified atom stereocenters. The van der Waals surface area contributed by atoms with E-state index in [1.54, 1.807) is 33.7 Å². The number of carbonyl (C=O) groups is 1. The van der Waals surface area contributed by atoms with E-state index in [0.717, 1.165) is 12.8 Å². The van der Waals surface area contributed by atoms with E-state index < -0.39 is 15.7 Å². The van der Waals surface area contributed by atoms with Crippen LogP contribution in [0.25, 0.3) is 0 Å². The van der Waals surface area contributed by atoms with E-state index >= 15 is 0 Å². The lowest BCUT2D eigenvalue weighted by atomic mass is 10.1. The Kier molecular flexibility index (Phi) is 8.12. The predicted molar refractivity (Wildman–Crippen MR) is 135 cm³/mol. The molecule has 0 N–H and O–H groups in total. The number of amides is 1. The molecule has 1 fully saturated rings.